The van der Waals surface area contributed by atoms with E-state index in [1.807, 2.05) is 42.5 Å². The van der Waals surface area contributed by atoms with E-state index in [9.17, 15) is 13.2 Å². The van der Waals surface area contributed by atoms with Gasteiger partial charge >= 0.3 is 12.1 Å². The van der Waals surface area contributed by atoms with Crippen molar-refractivity contribution >= 4 is 28.0 Å². The Morgan fingerprint density at radius 3 is 2.09 bits per heavy atom. The minimum absolute atomic E-state index is 0.494. The van der Waals surface area contributed by atoms with Crippen molar-refractivity contribution in [1.82, 2.24) is 24.8 Å². The summed E-state index contributed by atoms with van der Waals surface area (Å²) >= 11 is 0. The molecule has 1 aliphatic heterocycles. The van der Waals surface area contributed by atoms with Crippen LogP contribution in [0.4, 0.5) is 13.2 Å². The summed E-state index contributed by atoms with van der Waals surface area (Å²) in [5, 5.41) is 7.12. The molecule has 0 unspecified atom stereocenters. The Hall–Kier alpha value is -5.29. The number of methoxy groups -OCH3 is 1. The molecule has 47 heavy (non-hydrogen) atoms. The highest BCUT2D eigenvalue weighted by Crippen LogP contribution is 2.33. The number of para-hydroxylation sites is 2. The number of benzene rings is 4. The fourth-order valence-corrected chi connectivity index (χ4v) is 5.72. The van der Waals surface area contributed by atoms with Crippen molar-refractivity contribution in [2.45, 2.75) is 31.5 Å². The highest BCUT2D eigenvalue weighted by Gasteiger charge is 2.38. The van der Waals surface area contributed by atoms with E-state index in [1.165, 1.54) is 5.56 Å². The number of rotatable bonds is 6. The standard InChI is InChI=1S/C34H31N5O.C2HF3O2/c1-40-27-15-16-30-31(21-27)36-32(24-7-3-2-4-8-24)33(35-30)25-13-11-23(12-14-25)22-39-19-17-26(18-20-39)34-37-28-9-5-6-10-29(28)38-34;3-2(4,5)1(6)7/h2-16,21,26H,17-20,22H2,1H3,(H,37,38);(H,6,7). The lowest BCUT2D eigenvalue weighted by atomic mass is 9.95. The van der Waals surface area contributed by atoms with Gasteiger partial charge in [-0.2, -0.15) is 13.2 Å². The first-order valence-electron chi connectivity index (χ1n) is 15.2. The number of hydrogen-bond donors (Lipinski definition) is 2. The van der Waals surface area contributed by atoms with Crippen molar-refractivity contribution in [2.75, 3.05) is 20.2 Å². The molecule has 0 radical (unpaired) electrons. The second-order valence-electron chi connectivity index (χ2n) is 11.3. The summed E-state index contributed by atoms with van der Waals surface area (Å²) in [6.07, 6.45) is -2.84. The first-order valence-corrected chi connectivity index (χ1v) is 15.2. The number of halogens is 3. The maximum atomic E-state index is 10.6. The molecule has 240 valence electrons. The van der Waals surface area contributed by atoms with Gasteiger partial charge in [-0.1, -0.05) is 66.7 Å². The number of carboxylic acids is 1. The average Bonchev–Trinajstić information content (AvgIpc) is 3.53. The van der Waals surface area contributed by atoms with Crippen LogP contribution in [-0.2, 0) is 11.3 Å². The van der Waals surface area contributed by atoms with Gasteiger partial charge in [0.05, 0.1) is 40.6 Å². The monoisotopic (exact) mass is 639 g/mol. The Balaban J connectivity index is 0.000000499. The van der Waals surface area contributed by atoms with Crippen molar-refractivity contribution in [3.05, 3.63) is 108 Å². The van der Waals surface area contributed by atoms with E-state index >= 15 is 0 Å². The van der Waals surface area contributed by atoms with Gasteiger partial charge in [0.1, 0.15) is 11.6 Å². The van der Waals surface area contributed by atoms with E-state index in [2.05, 4.69) is 64.5 Å². The number of aromatic nitrogens is 4. The van der Waals surface area contributed by atoms with Crippen LogP contribution in [0, 0.1) is 0 Å². The topological polar surface area (TPSA) is 104 Å². The van der Waals surface area contributed by atoms with Gasteiger partial charge in [-0.15, -0.1) is 0 Å². The molecule has 0 atom stereocenters. The maximum absolute atomic E-state index is 10.6. The summed E-state index contributed by atoms with van der Waals surface area (Å²) in [6.45, 7) is 3.09. The smallest absolute Gasteiger partial charge is 0.490 e. The van der Waals surface area contributed by atoms with E-state index < -0.39 is 12.1 Å². The lowest BCUT2D eigenvalue weighted by Crippen LogP contribution is -2.32. The molecule has 0 amide bonds. The zero-order valence-electron chi connectivity index (χ0n) is 25.5. The Labute approximate surface area is 268 Å². The number of aliphatic carboxylic acids is 1. The lowest BCUT2D eigenvalue weighted by Gasteiger charge is -2.31. The molecule has 0 saturated carbocycles. The van der Waals surface area contributed by atoms with Gasteiger partial charge in [-0.25, -0.2) is 19.7 Å². The molecule has 6 aromatic rings. The third-order valence-electron chi connectivity index (χ3n) is 8.18. The molecule has 0 spiro atoms. The van der Waals surface area contributed by atoms with Crippen molar-refractivity contribution in [3.8, 4) is 28.3 Å². The molecule has 0 aliphatic carbocycles. The molecule has 7 rings (SSSR count). The number of alkyl halides is 3. The largest absolute Gasteiger partial charge is 0.497 e. The molecule has 1 aliphatic rings. The van der Waals surface area contributed by atoms with Gasteiger partial charge in [0, 0.05) is 29.7 Å². The summed E-state index contributed by atoms with van der Waals surface area (Å²) in [5.74, 6) is -0.352. The predicted octanol–water partition coefficient (Wildman–Crippen LogP) is 7.86. The van der Waals surface area contributed by atoms with Crippen LogP contribution in [-0.4, -0.2) is 62.3 Å². The number of nitrogens with one attached hydrogen (secondary N) is 1. The number of aromatic amines is 1. The molecule has 4 aromatic carbocycles. The second kappa shape index (κ2) is 13.6. The summed E-state index contributed by atoms with van der Waals surface area (Å²) in [5.41, 5.74) is 9.06. The molecule has 0 bridgehead atoms. The third-order valence-corrected chi connectivity index (χ3v) is 8.18. The van der Waals surface area contributed by atoms with Gasteiger partial charge in [0.25, 0.3) is 0 Å². The van der Waals surface area contributed by atoms with Crippen LogP contribution < -0.4 is 4.74 Å². The van der Waals surface area contributed by atoms with Gasteiger partial charge in [-0.05, 0) is 55.8 Å². The van der Waals surface area contributed by atoms with Crippen molar-refractivity contribution < 1.29 is 27.8 Å². The molecular weight excluding hydrogens is 607 g/mol. The van der Waals surface area contributed by atoms with Crippen molar-refractivity contribution in [3.63, 3.8) is 0 Å². The number of carboxylic acid groups (broad SMARTS) is 1. The summed E-state index contributed by atoms with van der Waals surface area (Å²) in [7, 11) is 1.67. The van der Waals surface area contributed by atoms with E-state index in [4.69, 9.17) is 29.6 Å². The fourth-order valence-electron chi connectivity index (χ4n) is 5.72. The predicted molar refractivity (Wildman–Crippen MR) is 174 cm³/mol. The van der Waals surface area contributed by atoms with Gasteiger partial charge in [0.15, 0.2) is 0 Å². The molecule has 2 N–H and O–H groups in total. The fraction of sp³-hybridized carbons (Fsp3) is 0.222. The number of ether oxygens (including phenoxy) is 1. The minimum Gasteiger partial charge on any atom is -0.497 e. The van der Waals surface area contributed by atoms with E-state index in [1.54, 1.807) is 7.11 Å². The Kier molecular flexibility index (Phi) is 9.17. The highest BCUT2D eigenvalue weighted by atomic mass is 19.4. The van der Waals surface area contributed by atoms with E-state index in [-0.39, 0.29) is 0 Å². The molecule has 1 saturated heterocycles. The minimum atomic E-state index is -5.08. The second-order valence-corrected chi connectivity index (χ2v) is 11.3. The molecule has 11 heteroatoms. The van der Waals surface area contributed by atoms with Gasteiger partial charge in [0.2, 0.25) is 0 Å². The lowest BCUT2D eigenvalue weighted by molar-refractivity contribution is -0.192. The summed E-state index contributed by atoms with van der Waals surface area (Å²) in [6, 6.07) is 33.2. The first kappa shape index (κ1) is 31.7. The number of hydrogen-bond acceptors (Lipinski definition) is 6. The van der Waals surface area contributed by atoms with Gasteiger partial charge < -0.3 is 14.8 Å². The SMILES string of the molecule is COc1ccc2nc(-c3ccc(CN4CCC(c5nc6ccccc6[nH]5)CC4)cc3)c(-c3ccccc3)nc2c1.O=C(O)C(F)(F)F. The zero-order valence-corrected chi connectivity index (χ0v) is 25.5. The normalized spacial score (nSPS) is 14.1. The first-order chi connectivity index (χ1) is 22.7. The Morgan fingerprint density at radius 2 is 1.45 bits per heavy atom. The quantitative estimate of drug-likeness (QED) is 0.191. The van der Waals surface area contributed by atoms with Crippen LogP contribution in [0.25, 0.3) is 44.6 Å². The number of fused-ring (bicyclic) bond motifs is 2. The number of H-pyrrole nitrogens is 1. The highest BCUT2D eigenvalue weighted by molar-refractivity contribution is 5.87. The average molecular weight is 640 g/mol. The number of nitrogens with zero attached hydrogens (tertiary/aromatic N) is 4. The van der Waals surface area contributed by atoms with Crippen LogP contribution >= 0.6 is 0 Å². The van der Waals surface area contributed by atoms with Crippen molar-refractivity contribution in [1.29, 1.82) is 0 Å². The van der Waals surface area contributed by atoms with Crippen LogP contribution in [0.1, 0.15) is 30.1 Å². The Morgan fingerprint density at radius 1 is 0.830 bits per heavy atom. The van der Waals surface area contributed by atoms with Crippen molar-refractivity contribution in [2.24, 2.45) is 0 Å². The molecule has 2 aromatic heterocycles. The Bertz CT molecular complexity index is 1950. The molecular formula is C36H32F3N5O3. The van der Waals surface area contributed by atoms with E-state index in [0.717, 1.165) is 88.6 Å². The molecule has 8 nitrogen and oxygen atoms in total. The number of likely N-dealkylation sites (tertiary alicyclic amines) is 1. The maximum Gasteiger partial charge on any atom is 0.490 e. The molecule has 3 heterocycles. The molecule has 1 fully saturated rings. The van der Waals surface area contributed by atoms with Crippen LogP contribution in [0.15, 0.2) is 97.1 Å². The number of imidazole rings is 1. The van der Waals surface area contributed by atoms with Crippen LogP contribution in [0.5, 0.6) is 5.75 Å². The summed E-state index contributed by atoms with van der Waals surface area (Å²) in [4.78, 5) is 29.9. The number of carbonyl (C=O) groups is 1. The van der Waals surface area contributed by atoms with E-state index in [0.29, 0.717) is 5.92 Å². The van der Waals surface area contributed by atoms with Crippen LogP contribution in [0.2, 0.25) is 0 Å². The third kappa shape index (κ3) is 7.41. The summed E-state index contributed by atoms with van der Waals surface area (Å²) < 4.78 is 37.2. The number of piperidine rings is 1. The van der Waals surface area contributed by atoms with Gasteiger partial charge in [-0.3, -0.25) is 4.90 Å². The van der Waals surface area contributed by atoms with Crippen LogP contribution in [0.3, 0.4) is 0 Å². The zero-order chi connectivity index (χ0) is 33.0.